The maximum absolute atomic E-state index is 13.5. The fraction of sp³-hybridized carbons (Fsp3) is 0.440. The molecule has 0 saturated carbocycles. The van der Waals surface area contributed by atoms with Gasteiger partial charge in [0.25, 0.3) is 0 Å². The Bertz CT molecular complexity index is 1120. The third kappa shape index (κ3) is 7.46. The first-order chi connectivity index (χ1) is 15.8. The van der Waals surface area contributed by atoms with E-state index in [0.717, 1.165) is 21.7 Å². The van der Waals surface area contributed by atoms with E-state index in [1.807, 2.05) is 45.0 Å². The van der Waals surface area contributed by atoms with Crippen LogP contribution in [0.4, 0.5) is 5.69 Å². The van der Waals surface area contributed by atoms with Gasteiger partial charge in [0.2, 0.25) is 21.8 Å². The average molecular weight is 508 g/mol. The number of hydrogen-bond acceptors (Lipinski definition) is 4. The molecule has 34 heavy (non-hydrogen) atoms. The molecule has 0 aliphatic carbocycles. The molecule has 1 unspecified atom stereocenters. The van der Waals surface area contributed by atoms with Gasteiger partial charge in [-0.2, -0.15) is 0 Å². The summed E-state index contributed by atoms with van der Waals surface area (Å²) >= 11 is 6.21. The summed E-state index contributed by atoms with van der Waals surface area (Å²) in [6.45, 7) is 9.48. The summed E-state index contributed by atoms with van der Waals surface area (Å²) in [7, 11) is -3.81. The van der Waals surface area contributed by atoms with Gasteiger partial charge in [0.05, 0.1) is 11.9 Å². The first kappa shape index (κ1) is 27.7. The molecule has 0 aliphatic rings. The van der Waals surface area contributed by atoms with Gasteiger partial charge in [0.15, 0.2) is 0 Å². The number of sulfonamides is 1. The van der Waals surface area contributed by atoms with Crippen LogP contribution in [-0.2, 0) is 26.2 Å². The number of aryl methyl sites for hydroxylation is 1. The lowest BCUT2D eigenvalue weighted by Crippen LogP contribution is -2.51. The molecule has 0 aliphatic heterocycles. The summed E-state index contributed by atoms with van der Waals surface area (Å²) in [6.07, 6.45) is 1.05. The molecular formula is C25H34ClN3O4S. The van der Waals surface area contributed by atoms with Crippen molar-refractivity contribution in [3.8, 4) is 0 Å². The number of nitrogens with one attached hydrogen (secondary N) is 1. The van der Waals surface area contributed by atoms with Crippen molar-refractivity contribution in [2.45, 2.75) is 47.2 Å². The molecule has 2 aromatic carbocycles. The molecule has 7 nitrogen and oxygen atoms in total. The molecule has 1 N–H and O–H groups in total. The summed E-state index contributed by atoms with van der Waals surface area (Å²) in [5.41, 5.74) is 2.79. The predicted octanol–water partition coefficient (Wildman–Crippen LogP) is 3.91. The predicted molar refractivity (Wildman–Crippen MR) is 137 cm³/mol. The van der Waals surface area contributed by atoms with E-state index in [0.29, 0.717) is 22.8 Å². The van der Waals surface area contributed by atoms with Crippen LogP contribution < -0.4 is 9.62 Å². The minimum absolute atomic E-state index is 0.168. The summed E-state index contributed by atoms with van der Waals surface area (Å²) in [5.74, 6) is -0.527. The van der Waals surface area contributed by atoms with Gasteiger partial charge < -0.3 is 10.2 Å². The summed E-state index contributed by atoms with van der Waals surface area (Å²) in [5, 5.41) is 3.26. The monoisotopic (exact) mass is 507 g/mol. The van der Waals surface area contributed by atoms with Gasteiger partial charge in [-0.3, -0.25) is 13.9 Å². The molecule has 0 radical (unpaired) electrons. The Labute approximate surface area is 208 Å². The van der Waals surface area contributed by atoms with Crippen molar-refractivity contribution in [3.63, 3.8) is 0 Å². The standard InChI is InChI=1S/C25H34ClN3O4S/c1-17(2)14-27-25(31)20(5)28(15-21-12-10-18(3)11-13-21)24(30)16-29(34(6,32)33)23-9-7-8-22(26)19(23)4/h7-13,17,20H,14-16H2,1-6H3,(H,27,31). The van der Waals surface area contributed by atoms with Gasteiger partial charge in [-0.15, -0.1) is 0 Å². The molecule has 186 valence electrons. The number of halogens is 1. The molecule has 0 heterocycles. The van der Waals surface area contributed by atoms with E-state index in [4.69, 9.17) is 11.6 Å². The van der Waals surface area contributed by atoms with Crippen LogP contribution >= 0.6 is 11.6 Å². The fourth-order valence-electron chi connectivity index (χ4n) is 3.39. The van der Waals surface area contributed by atoms with Crippen molar-refractivity contribution in [2.75, 3.05) is 23.7 Å². The van der Waals surface area contributed by atoms with Crippen molar-refractivity contribution >= 4 is 39.1 Å². The van der Waals surface area contributed by atoms with Gasteiger partial charge >= 0.3 is 0 Å². The zero-order valence-electron chi connectivity index (χ0n) is 20.6. The molecule has 0 aromatic heterocycles. The number of carbonyl (C=O) groups excluding carboxylic acids is 2. The average Bonchev–Trinajstić information content (AvgIpc) is 2.76. The van der Waals surface area contributed by atoms with Crippen LogP contribution in [0, 0.1) is 19.8 Å². The second-order valence-electron chi connectivity index (χ2n) is 8.98. The third-order valence-corrected chi connectivity index (χ3v) is 7.05. The van der Waals surface area contributed by atoms with E-state index >= 15 is 0 Å². The Morgan fingerprint density at radius 1 is 1.03 bits per heavy atom. The van der Waals surface area contributed by atoms with E-state index in [9.17, 15) is 18.0 Å². The Balaban J connectivity index is 2.40. The Kier molecular flexibility index (Phi) is 9.53. The summed E-state index contributed by atoms with van der Waals surface area (Å²) in [4.78, 5) is 27.8. The molecular weight excluding hydrogens is 474 g/mol. The number of amides is 2. The molecule has 2 rings (SSSR count). The Morgan fingerprint density at radius 3 is 2.21 bits per heavy atom. The first-order valence-corrected chi connectivity index (χ1v) is 13.4. The molecule has 0 fully saturated rings. The zero-order valence-corrected chi connectivity index (χ0v) is 22.2. The van der Waals surface area contributed by atoms with Crippen molar-refractivity contribution in [3.05, 3.63) is 64.2 Å². The number of nitrogens with zero attached hydrogens (tertiary/aromatic N) is 2. The highest BCUT2D eigenvalue weighted by Crippen LogP contribution is 2.28. The largest absolute Gasteiger partial charge is 0.354 e. The third-order valence-electron chi connectivity index (χ3n) is 5.51. The van der Waals surface area contributed by atoms with Crippen LogP contribution in [0.25, 0.3) is 0 Å². The number of rotatable bonds is 10. The van der Waals surface area contributed by atoms with Crippen LogP contribution in [0.15, 0.2) is 42.5 Å². The maximum atomic E-state index is 13.5. The van der Waals surface area contributed by atoms with Gasteiger partial charge in [0.1, 0.15) is 12.6 Å². The van der Waals surface area contributed by atoms with Crippen molar-refractivity contribution in [1.29, 1.82) is 0 Å². The van der Waals surface area contributed by atoms with Gasteiger partial charge in [-0.05, 0) is 49.9 Å². The molecule has 9 heteroatoms. The lowest BCUT2D eigenvalue weighted by molar-refractivity contribution is -0.139. The van der Waals surface area contributed by atoms with Gasteiger partial charge in [0, 0.05) is 18.1 Å². The van der Waals surface area contributed by atoms with Crippen molar-refractivity contribution < 1.29 is 18.0 Å². The maximum Gasteiger partial charge on any atom is 0.244 e. The minimum atomic E-state index is -3.81. The molecule has 0 bridgehead atoms. The number of carbonyl (C=O) groups is 2. The van der Waals surface area contributed by atoms with Gasteiger partial charge in [-0.1, -0.05) is 61.3 Å². The molecule has 1 atom stereocenters. The van der Waals surface area contributed by atoms with E-state index in [2.05, 4.69) is 5.32 Å². The number of hydrogen-bond donors (Lipinski definition) is 1. The first-order valence-electron chi connectivity index (χ1n) is 11.2. The van der Waals surface area contributed by atoms with E-state index in [1.165, 1.54) is 4.90 Å². The highest BCUT2D eigenvalue weighted by molar-refractivity contribution is 7.92. The number of benzene rings is 2. The zero-order chi connectivity index (χ0) is 25.6. The van der Waals surface area contributed by atoms with Crippen LogP contribution in [0.2, 0.25) is 5.02 Å². The molecule has 0 spiro atoms. The summed E-state index contributed by atoms with van der Waals surface area (Å²) < 4.78 is 26.4. The lowest BCUT2D eigenvalue weighted by atomic mass is 10.1. The SMILES string of the molecule is Cc1ccc(CN(C(=O)CN(c2cccc(Cl)c2C)S(C)(=O)=O)C(C)C(=O)NCC(C)C)cc1. The normalized spacial score (nSPS) is 12.4. The van der Waals surface area contributed by atoms with Crippen LogP contribution in [0.3, 0.4) is 0 Å². The highest BCUT2D eigenvalue weighted by Gasteiger charge is 2.30. The van der Waals surface area contributed by atoms with E-state index in [-0.39, 0.29) is 18.4 Å². The lowest BCUT2D eigenvalue weighted by Gasteiger charge is -2.32. The summed E-state index contributed by atoms with van der Waals surface area (Å²) in [6, 6.07) is 11.8. The quantitative estimate of drug-likeness (QED) is 0.528. The second-order valence-corrected chi connectivity index (χ2v) is 11.3. The highest BCUT2D eigenvalue weighted by atomic mass is 35.5. The topological polar surface area (TPSA) is 86.8 Å². The molecule has 2 aromatic rings. The van der Waals surface area contributed by atoms with Crippen molar-refractivity contribution in [2.24, 2.45) is 5.92 Å². The van der Waals surface area contributed by atoms with Crippen LogP contribution in [-0.4, -0.2) is 50.5 Å². The number of anilines is 1. The Morgan fingerprint density at radius 2 is 1.65 bits per heavy atom. The minimum Gasteiger partial charge on any atom is -0.354 e. The fourth-order valence-corrected chi connectivity index (χ4v) is 4.46. The van der Waals surface area contributed by atoms with E-state index in [1.54, 1.807) is 32.0 Å². The smallest absolute Gasteiger partial charge is 0.244 e. The van der Waals surface area contributed by atoms with Crippen LogP contribution in [0.1, 0.15) is 37.5 Å². The molecule has 2 amide bonds. The van der Waals surface area contributed by atoms with Crippen molar-refractivity contribution in [1.82, 2.24) is 10.2 Å². The van der Waals surface area contributed by atoms with E-state index < -0.39 is 28.5 Å². The van der Waals surface area contributed by atoms with Crippen LogP contribution in [0.5, 0.6) is 0 Å². The molecule has 0 saturated heterocycles. The Hall–Kier alpha value is -2.58. The van der Waals surface area contributed by atoms with Gasteiger partial charge in [-0.25, -0.2) is 8.42 Å². The second kappa shape index (κ2) is 11.7.